The van der Waals surface area contributed by atoms with Crippen molar-refractivity contribution in [3.05, 3.63) is 0 Å². The van der Waals surface area contributed by atoms with Gasteiger partial charge in [0.05, 0.1) is 6.54 Å². The van der Waals surface area contributed by atoms with Crippen molar-refractivity contribution in [3.63, 3.8) is 0 Å². The molecule has 0 aliphatic carbocycles. The largest absolute Gasteiger partial charge is 0.348 e. The molecule has 0 heterocycles. The van der Waals surface area contributed by atoms with Gasteiger partial charge in [0, 0.05) is 6.42 Å². The number of aldehydes is 1. The van der Waals surface area contributed by atoms with E-state index in [9.17, 15) is 14.4 Å². The van der Waals surface area contributed by atoms with E-state index < -0.39 is 6.04 Å². The number of unbranched alkanes of at least 4 members (excludes halogenated alkanes) is 10. The summed E-state index contributed by atoms with van der Waals surface area (Å²) in [6.07, 6.45) is 14.8. The van der Waals surface area contributed by atoms with Gasteiger partial charge in [-0.3, -0.25) is 9.59 Å². The lowest BCUT2D eigenvalue weighted by atomic mass is 10.0. The molecule has 152 valence electrons. The van der Waals surface area contributed by atoms with Gasteiger partial charge in [-0.15, -0.1) is 0 Å². The fourth-order valence-electron chi connectivity index (χ4n) is 2.98. The first kappa shape index (κ1) is 24.6. The van der Waals surface area contributed by atoms with Crippen LogP contribution in [0.15, 0.2) is 0 Å². The van der Waals surface area contributed by atoms with E-state index >= 15 is 0 Å². The molecule has 0 aromatic rings. The summed E-state index contributed by atoms with van der Waals surface area (Å²) in [5, 5.41) is 5.30. The molecule has 0 aliphatic rings. The topological polar surface area (TPSA) is 75.3 Å². The summed E-state index contributed by atoms with van der Waals surface area (Å²) in [5.41, 5.74) is 0. The summed E-state index contributed by atoms with van der Waals surface area (Å²) in [4.78, 5) is 34.3. The van der Waals surface area contributed by atoms with Crippen molar-refractivity contribution in [2.45, 2.75) is 104 Å². The monoisotopic (exact) mass is 368 g/mol. The van der Waals surface area contributed by atoms with Gasteiger partial charge in [-0.2, -0.15) is 0 Å². The third-order valence-electron chi connectivity index (χ3n) is 4.63. The van der Waals surface area contributed by atoms with Gasteiger partial charge in [-0.05, 0) is 12.3 Å². The summed E-state index contributed by atoms with van der Waals surface area (Å²) in [6.45, 7) is 5.99. The highest BCUT2D eigenvalue weighted by atomic mass is 16.2. The first-order valence-electron chi connectivity index (χ1n) is 10.5. The lowest BCUT2D eigenvalue weighted by Crippen LogP contribution is -2.50. The number of carbonyl (C=O) groups excluding carboxylic acids is 3. The smallest absolute Gasteiger partial charge is 0.243 e. The van der Waals surface area contributed by atoms with Crippen LogP contribution in [0.1, 0.15) is 97.8 Å². The maximum atomic E-state index is 12.0. The maximum Gasteiger partial charge on any atom is 0.243 e. The van der Waals surface area contributed by atoms with Crippen molar-refractivity contribution in [3.8, 4) is 0 Å². The fraction of sp³-hybridized carbons (Fsp3) is 0.857. The molecular weight excluding hydrogens is 328 g/mol. The van der Waals surface area contributed by atoms with Crippen molar-refractivity contribution in [2.75, 3.05) is 6.54 Å². The minimum atomic E-state index is -0.574. The first-order valence-corrected chi connectivity index (χ1v) is 10.5. The number of carbonyl (C=O) groups is 3. The number of nitrogens with one attached hydrogen (secondary N) is 2. The Hall–Kier alpha value is -1.39. The predicted molar refractivity (Wildman–Crippen MR) is 107 cm³/mol. The third-order valence-corrected chi connectivity index (χ3v) is 4.63. The van der Waals surface area contributed by atoms with E-state index in [2.05, 4.69) is 17.6 Å². The maximum absolute atomic E-state index is 12.0. The minimum Gasteiger partial charge on any atom is -0.348 e. The lowest BCUT2D eigenvalue weighted by molar-refractivity contribution is -0.130. The van der Waals surface area contributed by atoms with Crippen LogP contribution in [0, 0.1) is 5.92 Å². The van der Waals surface area contributed by atoms with Crippen LogP contribution in [0.4, 0.5) is 0 Å². The van der Waals surface area contributed by atoms with Crippen LogP contribution < -0.4 is 10.6 Å². The van der Waals surface area contributed by atoms with Crippen LogP contribution in [-0.2, 0) is 14.4 Å². The summed E-state index contributed by atoms with van der Waals surface area (Å²) in [7, 11) is 0. The molecule has 2 N–H and O–H groups in total. The molecule has 0 spiro atoms. The van der Waals surface area contributed by atoms with Gasteiger partial charge in [0.15, 0.2) is 0 Å². The molecule has 5 heteroatoms. The Morgan fingerprint density at radius 2 is 1.35 bits per heavy atom. The van der Waals surface area contributed by atoms with Gasteiger partial charge in [0.25, 0.3) is 0 Å². The van der Waals surface area contributed by atoms with Crippen LogP contribution in [0.5, 0.6) is 0 Å². The Bertz CT molecular complexity index is 383. The molecule has 0 aromatic heterocycles. The highest BCUT2D eigenvalue weighted by molar-refractivity contribution is 5.88. The second kappa shape index (κ2) is 17.0. The SMILES string of the molecule is CCCCCCCCCCCCCC(=O)N[C@@H](C(=O)NCC=O)C(C)C. The average Bonchev–Trinajstić information content (AvgIpc) is 2.61. The van der Waals surface area contributed by atoms with E-state index in [4.69, 9.17) is 0 Å². The van der Waals surface area contributed by atoms with Crippen molar-refractivity contribution in [2.24, 2.45) is 5.92 Å². The quantitative estimate of drug-likeness (QED) is 0.299. The van der Waals surface area contributed by atoms with Gasteiger partial charge in [0.1, 0.15) is 12.3 Å². The normalized spacial score (nSPS) is 12.0. The molecular formula is C21H40N2O3. The van der Waals surface area contributed by atoms with E-state index in [1.807, 2.05) is 13.8 Å². The summed E-state index contributed by atoms with van der Waals surface area (Å²) in [6, 6.07) is -0.574. The molecule has 0 bridgehead atoms. The molecule has 2 amide bonds. The van der Waals surface area contributed by atoms with Gasteiger partial charge >= 0.3 is 0 Å². The standard InChI is InChI=1S/C21H40N2O3/c1-4-5-6-7-8-9-10-11-12-13-14-15-19(25)23-20(18(2)3)21(26)22-16-17-24/h17-18,20H,4-16H2,1-3H3,(H,22,26)(H,23,25)/t20-/m1/s1. The minimum absolute atomic E-state index is 0.0112. The van der Waals surface area contributed by atoms with E-state index in [0.717, 1.165) is 12.8 Å². The number of hydrogen-bond donors (Lipinski definition) is 2. The Morgan fingerprint density at radius 1 is 0.846 bits per heavy atom. The molecule has 0 rings (SSSR count). The average molecular weight is 369 g/mol. The highest BCUT2D eigenvalue weighted by Crippen LogP contribution is 2.12. The summed E-state index contributed by atoms with van der Waals surface area (Å²) in [5.74, 6) is -0.386. The van der Waals surface area contributed by atoms with E-state index in [1.165, 1.54) is 57.8 Å². The molecule has 0 aromatic carbocycles. The Kier molecular flexibility index (Phi) is 16.1. The molecule has 5 nitrogen and oxygen atoms in total. The molecule has 1 atom stereocenters. The van der Waals surface area contributed by atoms with Crippen molar-refractivity contribution in [1.29, 1.82) is 0 Å². The molecule has 0 unspecified atom stereocenters. The van der Waals surface area contributed by atoms with Gasteiger partial charge in [-0.1, -0.05) is 85.0 Å². The van der Waals surface area contributed by atoms with Gasteiger partial charge in [-0.25, -0.2) is 0 Å². The summed E-state index contributed by atoms with van der Waals surface area (Å²) >= 11 is 0. The lowest BCUT2D eigenvalue weighted by Gasteiger charge is -2.21. The molecule has 0 saturated carbocycles. The van der Waals surface area contributed by atoms with Crippen LogP contribution in [0.2, 0.25) is 0 Å². The van der Waals surface area contributed by atoms with Crippen LogP contribution in [-0.4, -0.2) is 30.7 Å². The fourth-order valence-corrected chi connectivity index (χ4v) is 2.98. The van der Waals surface area contributed by atoms with Crippen molar-refractivity contribution < 1.29 is 14.4 Å². The highest BCUT2D eigenvalue weighted by Gasteiger charge is 2.23. The van der Waals surface area contributed by atoms with Crippen molar-refractivity contribution >= 4 is 18.1 Å². The Balaban J connectivity index is 3.71. The van der Waals surface area contributed by atoms with Crippen molar-refractivity contribution in [1.82, 2.24) is 10.6 Å². The van der Waals surface area contributed by atoms with E-state index in [1.54, 1.807) is 0 Å². The molecule has 0 aliphatic heterocycles. The molecule has 26 heavy (non-hydrogen) atoms. The zero-order chi connectivity index (χ0) is 19.6. The molecule has 0 saturated heterocycles. The zero-order valence-electron chi connectivity index (χ0n) is 17.1. The van der Waals surface area contributed by atoms with Crippen LogP contribution in [0.25, 0.3) is 0 Å². The number of amides is 2. The number of rotatable bonds is 17. The summed E-state index contributed by atoms with van der Waals surface area (Å²) < 4.78 is 0. The molecule has 0 fully saturated rings. The van der Waals surface area contributed by atoms with Crippen LogP contribution in [0.3, 0.4) is 0 Å². The zero-order valence-corrected chi connectivity index (χ0v) is 17.1. The number of hydrogen-bond acceptors (Lipinski definition) is 3. The van der Waals surface area contributed by atoms with Crippen LogP contribution >= 0.6 is 0 Å². The Labute approximate surface area is 160 Å². The van der Waals surface area contributed by atoms with E-state index in [-0.39, 0.29) is 24.3 Å². The van der Waals surface area contributed by atoms with E-state index in [0.29, 0.717) is 12.7 Å². The van der Waals surface area contributed by atoms with Gasteiger partial charge in [0.2, 0.25) is 11.8 Å². The van der Waals surface area contributed by atoms with Gasteiger partial charge < -0.3 is 15.4 Å². The second-order valence-electron chi connectivity index (χ2n) is 7.49. The predicted octanol–water partition coefficient (Wildman–Crippen LogP) is 4.14. The first-order chi connectivity index (χ1) is 12.5. The Morgan fingerprint density at radius 3 is 1.81 bits per heavy atom. The second-order valence-corrected chi connectivity index (χ2v) is 7.49. The third kappa shape index (κ3) is 13.9. The molecule has 0 radical (unpaired) electrons.